The van der Waals surface area contributed by atoms with Crippen molar-refractivity contribution in [2.75, 3.05) is 0 Å². The number of rotatable bonds is 5. The molecule has 0 aliphatic heterocycles. The molecule has 8 rings (SSSR count). The zero-order valence-electron chi connectivity index (χ0n) is 23.2. The van der Waals surface area contributed by atoms with Crippen LogP contribution in [0.3, 0.4) is 0 Å². The molecule has 7 aromatic carbocycles. The molecule has 0 saturated heterocycles. The first-order chi connectivity index (χ1) is 20.8. The van der Waals surface area contributed by atoms with Crippen molar-refractivity contribution < 1.29 is 0 Å². The first kappa shape index (κ1) is 24.4. The molecule has 0 bridgehead atoms. The number of fused-ring (bicyclic) bond motifs is 4. The van der Waals surface area contributed by atoms with Gasteiger partial charge in [0.15, 0.2) is 0 Å². The van der Waals surface area contributed by atoms with Crippen LogP contribution in [0.2, 0.25) is 0 Å². The van der Waals surface area contributed by atoms with E-state index < -0.39 is 0 Å². The van der Waals surface area contributed by atoms with Gasteiger partial charge in [-0.3, -0.25) is 0 Å². The highest BCUT2D eigenvalue weighted by molar-refractivity contribution is 6.10. The normalized spacial score (nSPS) is 11.4. The summed E-state index contributed by atoms with van der Waals surface area (Å²) in [6.07, 6.45) is 0.934. The van der Waals surface area contributed by atoms with E-state index in [-0.39, 0.29) is 0 Å². The third kappa shape index (κ3) is 4.27. The van der Waals surface area contributed by atoms with Crippen LogP contribution in [0.25, 0.3) is 60.5 Å². The van der Waals surface area contributed by atoms with Crippen LogP contribution in [0.15, 0.2) is 164 Å². The van der Waals surface area contributed by atoms with Crippen molar-refractivity contribution in [2.24, 2.45) is 0 Å². The Morgan fingerprint density at radius 2 is 0.952 bits per heavy atom. The molecule has 0 aliphatic carbocycles. The second kappa shape index (κ2) is 10.2. The van der Waals surface area contributed by atoms with E-state index in [1.807, 2.05) is 0 Å². The largest absolute Gasteiger partial charge is 0.309 e. The smallest absolute Gasteiger partial charge is 0.0541 e. The maximum Gasteiger partial charge on any atom is 0.0541 e. The predicted molar refractivity (Wildman–Crippen MR) is 178 cm³/mol. The van der Waals surface area contributed by atoms with Crippen LogP contribution in [0.4, 0.5) is 0 Å². The molecule has 1 nitrogen and oxygen atoms in total. The minimum absolute atomic E-state index is 0.934. The van der Waals surface area contributed by atoms with Gasteiger partial charge in [0.05, 0.1) is 11.0 Å². The molecular formula is C41H29N. The summed E-state index contributed by atoms with van der Waals surface area (Å²) >= 11 is 0. The van der Waals surface area contributed by atoms with E-state index in [9.17, 15) is 0 Å². The molecule has 0 unspecified atom stereocenters. The highest BCUT2D eigenvalue weighted by Crippen LogP contribution is 2.35. The first-order valence-electron chi connectivity index (χ1n) is 14.6. The maximum atomic E-state index is 2.36. The van der Waals surface area contributed by atoms with Gasteiger partial charge in [-0.1, -0.05) is 133 Å². The van der Waals surface area contributed by atoms with E-state index in [4.69, 9.17) is 0 Å². The lowest BCUT2D eigenvalue weighted by Crippen LogP contribution is -1.92. The Morgan fingerprint density at radius 3 is 1.74 bits per heavy atom. The van der Waals surface area contributed by atoms with E-state index in [2.05, 4.69) is 168 Å². The lowest BCUT2D eigenvalue weighted by molar-refractivity contribution is 1.18. The molecular weight excluding hydrogens is 506 g/mol. The van der Waals surface area contributed by atoms with Crippen molar-refractivity contribution in [3.63, 3.8) is 0 Å². The lowest BCUT2D eigenvalue weighted by atomic mass is 9.96. The second-order valence-electron chi connectivity index (χ2n) is 11.0. The summed E-state index contributed by atoms with van der Waals surface area (Å²) in [6.45, 7) is 0. The van der Waals surface area contributed by atoms with E-state index >= 15 is 0 Å². The fraction of sp³-hybridized carbons (Fsp3) is 0.0244. The predicted octanol–water partition coefficient (Wildman–Crippen LogP) is 10.9. The van der Waals surface area contributed by atoms with Gasteiger partial charge < -0.3 is 4.57 Å². The Labute approximate surface area is 245 Å². The van der Waals surface area contributed by atoms with Crippen LogP contribution in [0.5, 0.6) is 0 Å². The van der Waals surface area contributed by atoms with Crippen molar-refractivity contribution in [1.82, 2.24) is 4.57 Å². The van der Waals surface area contributed by atoms with Crippen molar-refractivity contribution in [3.05, 3.63) is 175 Å². The van der Waals surface area contributed by atoms with Crippen LogP contribution in [0.1, 0.15) is 11.1 Å². The monoisotopic (exact) mass is 535 g/mol. The SMILES string of the molecule is c1ccc(-n2c3ccccc3c3cc(-c4ccc(-c5ccc(Cc6cccc7ccccc67)cc5)cc4)ccc32)cc1. The van der Waals surface area contributed by atoms with Crippen LogP contribution in [-0.2, 0) is 6.42 Å². The molecule has 8 aromatic rings. The molecule has 0 atom stereocenters. The highest BCUT2D eigenvalue weighted by atomic mass is 15.0. The lowest BCUT2D eigenvalue weighted by Gasteiger charge is -2.09. The minimum Gasteiger partial charge on any atom is -0.309 e. The van der Waals surface area contributed by atoms with Gasteiger partial charge in [-0.25, -0.2) is 0 Å². The molecule has 0 N–H and O–H groups in total. The van der Waals surface area contributed by atoms with E-state index in [0.717, 1.165) is 6.42 Å². The van der Waals surface area contributed by atoms with Gasteiger partial charge in [-0.15, -0.1) is 0 Å². The number of benzene rings is 7. The van der Waals surface area contributed by atoms with Gasteiger partial charge >= 0.3 is 0 Å². The third-order valence-electron chi connectivity index (χ3n) is 8.47. The summed E-state index contributed by atoms with van der Waals surface area (Å²) in [4.78, 5) is 0. The molecule has 0 amide bonds. The molecule has 1 heteroatoms. The topological polar surface area (TPSA) is 4.93 Å². The summed E-state index contributed by atoms with van der Waals surface area (Å²) in [7, 11) is 0. The summed E-state index contributed by atoms with van der Waals surface area (Å²) in [5, 5.41) is 5.19. The van der Waals surface area contributed by atoms with Crippen molar-refractivity contribution in [3.8, 4) is 27.9 Å². The molecule has 0 fully saturated rings. The van der Waals surface area contributed by atoms with Gasteiger partial charge in [0.1, 0.15) is 0 Å². The van der Waals surface area contributed by atoms with Crippen LogP contribution in [0, 0.1) is 0 Å². The Morgan fingerprint density at radius 1 is 0.381 bits per heavy atom. The number of hydrogen-bond donors (Lipinski definition) is 0. The third-order valence-corrected chi connectivity index (χ3v) is 8.47. The fourth-order valence-corrected chi connectivity index (χ4v) is 6.34. The Kier molecular flexibility index (Phi) is 5.93. The van der Waals surface area contributed by atoms with E-state index in [1.54, 1.807) is 0 Å². The summed E-state index contributed by atoms with van der Waals surface area (Å²) < 4.78 is 2.36. The maximum absolute atomic E-state index is 2.36. The molecule has 0 saturated carbocycles. The average molecular weight is 536 g/mol. The zero-order valence-corrected chi connectivity index (χ0v) is 23.2. The van der Waals surface area contributed by atoms with E-state index in [0.29, 0.717) is 0 Å². The fourth-order valence-electron chi connectivity index (χ4n) is 6.34. The van der Waals surface area contributed by atoms with Gasteiger partial charge in [0.2, 0.25) is 0 Å². The number of para-hydroxylation sites is 2. The minimum atomic E-state index is 0.934. The van der Waals surface area contributed by atoms with Gasteiger partial charge in [-0.05, 0) is 80.9 Å². The molecule has 198 valence electrons. The molecule has 1 heterocycles. The summed E-state index contributed by atoms with van der Waals surface area (Å²) in [5.41, 5.74) is 11.3. The summed E-state index contributed by atoms with van der Waals surface area (Å²) in [5.74, 6) is 0. The molecule has 1 aromatic heterocycles. The average Bonchev–Trinajstić information content (AvgIpc) is 3.39. The first-order valence-corrected chi connectivity index (χ1v) is 14.6. The molecule has 0 radical (unpaired) electrons. The number of nitrogens with zero attached hydrogens (tertiary/aromatic N) is 1. The van der Waals surface area contributed by atoms with E-state index in [1.165, 1.54) is 71.6 Å². The Balaban J connectivity index is 1.09. The van der Waals surface area contributed by atoms with Crippen LogP contribution < -0.4 is 0 Å². The van der Waals surface area contributed by atoms with Gasteiger partial charge in [0.25, 0.3) is 0 Å². The van der Waals surface area contributed by atoms with Gasteiger partial charge in [-0.2, -0.15) is 0 Å². The number of aromatic nitrogens is 1. The van der Waals surface area contributed by atoms with Crippen LogP contribution in [-0.4, -0.2) is 4.57 Å². The van der Waals surface area contributed by atoms with Crippen molar-refractivity contribution in [1.29, 1.82) is 0 Å². The Bertz CT molecular complexity index is 2180. The summed E-state index contributed by atoms with van der Waals surface area (Å²) in [6, 6.07) is 59.4. The Hall–Kier alpha value is -5.40. The molecule has 0 spiro atoms. The molecule has 0 aliphatic rings. The molecule has 42 heavy (non-hydrogen) atoms. The van der Waals surface area contributed by atoms with Crippen molar-refractivity contribution >= 4 is 32.6 Å². The quantitative estimate of drug-likeness (QED) is 0.207. The highest BCUT2D eigenvalue weighted by Gasteiger charge is 2.13. The van der Waals surface area contributed by atoms with Crippen LogP contribution >= 0.6 is 0 Å². The zero-order chi connectivity index (χ0) is 27.9. The second-order valence-corrected chi connectivity index (χ2v) is 11.0. The van der Waals surface area contributed by atoms with Crippen molar-refractivity contribution in [2.45, 2.75) is 6.42 Å². The van der Waals surface area contributed by atoms with Gasteiger partial charge in [0, 0.05) is 16.5 Å². The standard InChI is InChI=1S/C41H29N/c1-2-12-36(13-3-1)42-40-16-7-6-15-38(40)39-28-34(25-26-41(39)42)32-23-21-31(22-24-32)30-19-17-29(18-20-30)27-35-11-8-10-33-9-4-5-14-37(33)35/h1-26,28H,27H2. The number of hydrogen-bond acceptors (Lipinski definition) is 0.